The number of hydrogen-bond acceptors (Lipinski definition) is 2. The molecule has 1 aliphatic carbocycles. The fourth-order valence-electron chi connectivity index (χ4n) is 2.66. The molecule has 1 unspecified atom stereocenters. The normalized spacial score (nSPS) is 28.6. The number of carbonyl (C=O) groups excluding carboxylic acids is 1. The Kier molecular flexibility index (Phi) is 4.56. The van der Waals surface area contributed by atoms with Gasteiger partial charge in [-0.15, -0.1) is 0 Å². The third kappa shape index (κ3) is 2.63. The van der Waals surface area contributed by atoms with Crippen LogP contribution >= 0.6 is 0 Å². The predicted molar refractivity (Wildman–Crippen MR) is 66.4 cm³/mol. The van der Waals surface area contributed by atoms with Gasteiger partial charge in [-0.05, 0) is 31.1 Å². The van der Waals surface area contributed by atoms with Gasteiger partial charge in [0.1, 0.15) is 12.3 Å². The molecule has 0 aromatic rings. The minimum Gasteiger partial charge on any atom is -0.461 e. The van der Waals surface area contributed by atoms with E-state index in [0.717, 1.165) is 0 Å². The van der Waals surface area contributed by atoms with Crippen molar-refractivity contribution < 1.29 is 13.9 Å². The van der Waals surface area contributed by atoms with Crippen molar-refractivity contribution in [1.82, 2.24) is 0 Å². The molecule has 1 saturated carbocycles. The van der Waals surface area contributed by atoms with Gasteiger partial charge in [-0.1, -0.05) is 34.6 Å². The molecule has 1 aliphatic rings. The van der Waals surface area contributed by atoms with Gasteiger partial charge < -0.3 is 4.74 Å². The molecular formula is C14H25FO2. The van der Waals surface area contributed by atoms with Crippen molar-refractivity contribution in [2.45, 2.75) is 66.2 Å². The van der Waals surface area contributed by atoms with Gasteiger partial charge in [0.15, 0.2) is 0 Å². The van der Waals surface area contributed by atoms with Gasteiger partial charge in [0.05, 0.1) is 5.41 Å². The summed E-state index contributed by atoms with van der Waals surface area (Å²) in [4.78, 5) is 12.1. The summed E-state index contributed by atoms with van der Waals surface area (Å²) in [5.74, 6) is 0.211. The first kappa shape index (κ1) is 14.5. The molecule has 0 aromatic heterocycles. The Balaban J connectivity index is 2.70. The fourth-order valence-corrected chi connectivity index (χ4v) is 2.66. The van der Waals surface area contributed by atoms with Gasteiger partial charge in [-0.2, -0.15) is 0 Å². The van der Waals surface area contributed by atoms with Crippen LogP contribution in [0.1, 0.15) is 53.9 Å². The highest BCUT2D eigenvalue weighted by Gasteiger charge is 2.54. The maximum atomic E-state index is 13.6. The Bertz CT molecular complexity index is 263. The molecule has 0 bridgehead atoms. The number of halogens is 1. The first-order chi connectivity index (χ1) is 7.85. The number of rotatable bonds is 5. The largest absolute Gasteiger partial charge is 0.461 e. The first-order valence-electron chi connectivity index (χ1n) is 6.70. The summed E-state index contributed by atoms with van der Waals surface area (Å²) in [6.07, 6.45) is 0.540. The second-order valence-electron chi connectivity index (χ2n) is 5.87. The lowest BCUT2D eigenvalue weighted by Gasteiger charge is -2.43. The Morgan fingerprint density at radius 3 is 2.12 bits per heavy atom. The van der Waals surface area contributed by atoms with E-state index in [0.29, 0.717) is 19.3 Å². The van der Waals surface area contributed by atoms with Gasteiger partial charge in [-0.3, -0.25) is 4.79 Å². The maximum absolute atomic E-state index is 13.6. The molecule has 0 amide bonds. The smallest absolute Gasteiger partial charge is 0.315 e. The quantitative estimate of drug-likeness (QED) is 0.689. The van der Waals surface area contributed by atoms with Gasteiger partial charge in [0.25, 0.3) is 0 Å². The molecule has 0 heterocycles. The Morgan fingerprint density at radius 1 is 1.35 bits per heavy atom. The molecule has 1 rings (SSSR count). The lowest BCUT2D eigenvalue weighted by Crippen LogP contribution is -2.50. The van der Waals surface area contributed by atoms with Crippen LogP contribution < -0.4 is 0 Å². The van der Waals surface area contributed by atoms with E-state index >= 15 is 0 Å². The van der Waals surface area contributed by atoms with Gasteiger partial charge >= 0.3 is 5.97 Å². The van der Waals surface area contributed by atoms with Crippen molar-refractivity contribution in [3.05, 3.63) is 0 Å². The second-order valence-corrected chi connectivity index (χ2v) is 5.87. The van der Waals surface area contributed by atoms with Crippen molar-refractivity contribution in [3.8, 4) is 0 Å². The van der Waals surface area contributed by atoms with E-state index in [4.69, 9.17) is 4.74 Å². The number of hydrogen-bond donors (Lipinski definition) is 0. The van der Waals surface area contributed by atoms with Crippen LogP contribution in [0.4, 0.5) is 4.39 Å². The van der Waals surface area contributed by atoms with Crippen LogP contribution in [0.25, 0.3) is 0 Å². The number of alkyl halides is 1. The monoisotopic (exact) mass is 244 g/mol. The molecule has 0 N–H and O–H groups in total. The van der Waals surface area contributed by atoms with Crippen molar-refractivity contribution in [1.29, 1.82) is 0 Å². The highest BCUT2D eigenvalue weighted by Crippen LogP contribution is 2.47. The average molecular weight is 244 g/mol. The highest BCUT2D eigenvalue weighted by atomic mass is 19.1. The third-order valence-corrected chi connectivity index (χ3v) is 4.04. The first-order valence-corrected chi connectivity index (χ1v) is 6.70. The molecule has 1 fully saturated rings. The van der Waals surface area contributed by atoms with Crippen molar-refractivity contribution in [2.24, 2.45) is 17.3 Å². The minimum atomic E-state index is -1.01. The summed E-state index contributed by atoms with van der Waals surface area (Å²) < 4.78 is 19.2. The Morgan fingerprint density at radius 2 is 1.88 bits per heavy atom. The predicted octanol–water partition coefficient (Wildman–Crippen LogP) is 3.74. The van der Waals surface area contributed by atoms with E-state index < -0.39 is 11.6 Å². The third-order valence-electron chi connectivity index (χ3n) is 4.04. The molecular weight excluding hydrogens is 219 g/mol. The molecule has 100 valence electrons. The molecule has 0 aromatic carbocycles. The Hall–Kier alpha value is -0.600. The number of ether oxygens (including phenoxy) is 1. The summed E-state index contributed by atoms with van der Waals surface area (Å²) in [5, 5.41) is 0. The average Bonchev–Trinajstić information content (AvgIpc) is 2.24. The molecule has 3 heteroatoms. The summed E-state index contributed by atoms with van der Waals surface area (Å²) >= 11 is 0. The molecule has 17 heavy (non-hydrogen) atoms. The number of esters is 1. The minimum absolute atomic E-state index is 0.112. The van der Waals surface area contributed by atoms with E-state index in [1.807, 2.05) is 34.6 Å². The molecule has 0 aliphatic heterocycles. The van der Waals surface area contributed by atoms with E-state index in [9.17, 15) is 9.18 Å². The van der Waals surface area contributed by atoms with Gasteiger partial charge in [0, 0.05) is 0 Å². The lowest BCUT2D eigenvalue weighted by atomic mass is 9.65. The zero-order chi connectivity index (χ0) is 13.2. The van der Waals surface area contributed by atoms with Crippen LogP contribution in [0, 0.1) is 17.3 Å². The number of carbonyl (C=O) groups is 1. The molecule has 0 saturated heterocycles. The zero-order valence-electron chi connectivity index (χ0n) is 11.6. The standard InChI is InChI=1S/C14H25FO2/c1-6-14(8-7-11(14)15)13(16)17-12(9(2)3)10(4)5/h9-12H,6-8H2,1-5H3/t11?,14-/m0/s1. The van der Waals surface area contributed by atoms with E-state index in [-0.39, 0.29) is 23.9 Å². The van der Waals surface area contributed by atoms with Crippen LogP contribution in [0.3, 0.4) is 0 Å². The van der Waals surface area contributed by atoms with Crippen molar-refractivity contribution >= 4 is 5.97 Å². The Labute approximate surface area is 104 Å². The van der Waals surface area contributed by atoms with Crippen LogP contribution in [0.15, 0.2) is 0 Å². The van der Waals surface area contributed by atoms with E-state index in [1.165, 1.54) is 0 Å². The SMILES string of the molecule is CC[C@]1(C(=O)OC(C(C)C)C(C)C)CCC1F. The van der Waals surface area contributed by atoms with Gasteiger partial charge in [-0.25, -0.2) is 4.39 Å². The van der Waals surface area contributed by atoms with Crippen LogP contribution in [0.2, 0.25) is 0 Å². The zero-order valence-corrected chi connectivity index (χ0v) is 11.6. The lowest BCUT2D eigenvalue weighted by molar-refractivity contribution is -0.180. The summed E-state index contributed by atoms with van der Waals surface area (Å²) in [7, 11) is 0. The molecule has 2 atom stereocenters. The van der Waals surface area contributed by atoms with Crippen LogP contribution in [-0.2, 0) is 9.53 Å². The second kappa shape index (κ2) is 5.36. The molecule has 0 radical (unpaired) electrons. The summed E-state index contributed by atoms with van der Waals surface area (Å²) in [6.45, 7) is 10.00. The van der Waals surface area contributed by atoms with E-state index in [1.54, 1.807) is 0 Å². The molecule has 0 spiro atoms. The molecule has 2 nitrogen and oxygen atoms in total. The topological polar surface area (TPSA) is 26.3 Å². The maximum Gasteiger partial charge on any atom is 0.315 e. The van der Waals surface area contributed by atoms with E-state index in [2.05, 4.69) is 0 Å². The van der Waals surface area contributed by atoms with Crippen molar-refractivity contribution in [2.75, 3.05) is 0 Å². The highest BCUT2D eigenvalue weighted by molar-refractivity contribution is 5.79. The van der Waals surface area contributed by atoms with Crippen LogP contribution in [-0.4, -0.2) is 18.2 Å². The van der Waals surface area contributed by atoms with Crippen molar-refractivity contribution in [3.63, 3.8) is 0 Å². The summed E-state index contributed by atoms with van der Waals surface area (Å²) in [6, 6.07) is 0. The fraction of sp³-hybridized carbons (Fsp3) is 0.929. The van der Waals surface area contributed by atoms with Crippen LogP contribution in [0.5, 0.6) is 0 Å². The van der Waals surface area contributed by atoms with Gasteiger partial charge in [0.2, 0.25) is 0 Å². The summed E-state index contributed by atoms with van der Waals surface area (Å²) in [5.41, 5.74) is -0.845.